The number of amides is 1. The fourth-order valence-electron chi connectivity index (χ4n) is 2.17. The standard InChI is InChI=1S/C16H15N5O2/c1-3-4-14(22)19-20-10-17-15-13(16(20)23)9-18-21(15)12-7-5-11(2)6-8-12/h3-10H,1-2H3,(H,19,22)/b4-3+. The van der Waals surface area contributed by atoms with Crippen LogP contribution in [-0.2, 0) is 4.79 Å². The highest BCUT2D eigenvalue weighted by Crippen LogP contribution is 2.13. The molecule has 0 aliphatic heterocycles. The van der Waals surface area contributed by atoms with Crippen molar-refractivity contribution in [1.29, 1.82) is 0 Å². The molecule has 23 heavy (non-hydrogen) atoms. The monoisotopic (exact) mass is 309 g/mol. The molecule has 7 nitrogen and oxygen atoms in total. The summed E-state index contributed by atoms with van der Waals surface area (Å²) >= 11 is 0. The van der Waals surface area contributed by atoms with Gasteiger partial charge in [0, 0.05) is 6.08 Å². The third-order valence-electron chi connectivity index (χ3n) is 3.32. The summed E-state index contributed by atoms with van der Waals surface area (Å²) in [5.41, 5.74) is 4.44. The fraction of sp³-hybridized carbons (Fsp3) is 0.125. The summed E-state index contributed by atoms with van der Waals surface area (Å²) in [5.74, 6) is -0.401. The summed E-state index contributed by atoms with van der Waals surface area (Å²) in [7, 11) is 0. The van der Waals surface area contributed by atoms with Crippen molar-refractivity contribution in [3.05, 3.63) is 64.9 Å². The van der Waals surface area contributed by atoms with Crippen LogP contribution in [0.25, 0.3) is 16.7 Å². The highest BCUT2D eigenvalue weighted by atomic mass is 16.2. The maximum atomic E-state index is 12.4. The number of carbonyl (C=O) groups is 1. The number of hydrogen-bond donors (Lipinski definition) is 1. The molecule has 0 saturated carbocycles. The van der Waals surface area contributed by atoms with Crippen molar-refractivity contribution < 1.29 is 4.79 Å². The van der Waals surface area contributed by atoms with Gasteiger partial charge < -0.3 is 0 Å². The zero-order valence-electron chi connectivity index (χ0n) is 12.7. The van der Waals surface area contributed by atoms with Crippen LogP contribution in [0, 0.1) is 6.92 Å². The van der Waals surface area contributed by atoms with Crippen molar-refractivity contribution in [1.82, 2.24) is 19.4 Å². The molecule has 1 aromatic carbocycles. The van der Waals surface area contributed by atoms with E-state index < -0.39 is 5.91 Å². The number of aryl methyl sites for hydroxylation is 1. The van der Waals surface area contributed by atoms with E-state index in [2.05, 4.69) is 15.5 Å². The highest BCUT2D eigenvalue weighted by Gasteiger charge is 2.12. The van der Waals surface area contributed by atoms with Crippen LogP contribution in [0.1, 0.15) is 12.5 Å². The van der Waals surface area contributed by atoms with Crippen molar-refractivity contribution in [2.75, 3.05) is 5.43 Å². The Bertz CT molecular complexity index is 951. The van der Waals surface area contributed by atoms with E-state index in [1.807, 2.05) is 31.2 Å². The van der Waals surface area contributed by atoms with E-state index in [9.17, 15) is 9.59 Å². The zero-order chi connectivity index (χ0) is 16.4. The number of benzene rings is 1. The second-order valence-electron chi connectivity index (χ2n) is 5.02. The average molecular weight is 309 g/mol. The summed E-state index contributed by atoms with van der Waals surface area (Å²) in [5, 5.41) is 4.55. The molecular formula is C16H15N5O2. The summed E-state index contributed by atoms with van der Waals surface area (Å²) in [6.45, 7) is 3.71. The normalized spacial score (nSPS) is 11.2. The van der Waals surface area contributed by atoms with Gasteiger partial charge in [-0.3, -0.25) is 15.0 Å². The van der Waals surface area contributed by atoms with E-state index in [1.165, 1.54) is 18.6 Å². The first-order valence-corrected chi connectivity index (χ1v) is 7.06. The maximum Gasteiger partial charge on any atom is 0.283 e. The lowest BCUT2D eigenvalue weighted by Gasteiger charge is -2.06. The molecule has 0 fully saturated rings. The van der Waals surface area contributed by atoms with Gasteiger partial charge in [-0.25, -0.2) is 14.3 Å². The molecule has 1 amide bonds. The van der Waals surface area contributed by atoms with E-state index in [0.29, 0.717) is 11.0 Å². The number of carbonyl (C=O) groups excluding carboxylic acids is 1. The molecule has 0 spiro atoms. The van der Waals surface area contributed by atoms with Gasteiger partial charge in [-0.15, -0.1) is 0 Å². The molecular weight excluding hydrogens is 294 g/mol. The van der Waals surface area contributed by atoms with Crippen molar-refractivity contribution >= 4 is 16.9 Å². The van der Waals surface area contributed by atoms with Crippen LogP contribution in [-0.4, -0.2) is 25.3 Å². The number of nitrogens with zero attached hydrogens (tertiary/aromatic N) is 4. The van der Waals surface area contributed by atoms with E-state index in [0.717, 1.165) is 15.9 Å². The molecule has 0 atom stereocenters. The molecule has 2 aromatic heterocycles. The topological polar surface area (TPSA) is 81.8 Å². The SMILES string of the molecule is C/C=C/C(=O)Nn1cnc2c(cnn2-c2ccc(C)cc2)c1=O. The minimum atomic E-state index is -0.401. The van der Waals surface area contributed by atoms with Crippen LogP contribution in [0.5, 0.6) is 0 Å². The largest absolute Gasteiger partial charge is 0.283 e. The van der Waals surface area contributed by atoms with Gasteiger partial charge >= 0.3 is 0 Å². The van der Waals surface area contributed by atoms with Crippen molar-refractivity contribution in [2.45, 2.75) is 13.8 Å². The Balaban J connectivity index is 2.06. The summed E-state index contributed by atoms with van der Waals surface area (Å²) in [6, 6.07) is 7.73. The number of aromatic nitrogens is 4. The predicted octanol–water partition coefficient (Wildman–Crippen LogP) is 1.54. The Morgan fingerprint density at radius 3 is 2.70 bits per heavy atom. The second-order valence-corrected chi connectivity index (χ2v) is 5.02. The minimum Gasteiger partial charge on any atom is -0.268 e. The number of hydrogen-bond acceptors (Lipinski definition) is 4. The minimum absolute atomic E-state index is 0.328. The molecule has 0 aliphatic carbocycles. The van der Waals surface area contributed by atoms with Crippen LogP contribution in [0.15, 0.2) is 53.7 Å². The molecule has 0 radical (unpaired) electrons. The van der Waals surface area contributed by atoms with Gasteiger partial charge in [0.2, 0.25) is 0 Å². The average Bonchev–Trinajstić information content (AvgIpc) is 2.96. The number of allylic oxidation sites excluding steroid dienone is 1. The Morgan fingerprint density at radius 2 is 2.00 bits per heavy atom. The molecule has 0 saturated heterocycles. The summed E-state index contributed by atoms with van der Waals surface area (Å²) < 4.78 is 2.64. The van der Waals surface area contributed by atoms with Gasteiger partial charge in [0.25, 0.3) is 11.5 Å². The Kier molecular flexibility index (Phi) is 3.76. The molecule has 116 valence electrons. The molecule has 1 N–H and O–H groups in total. The lowest BCUT2D eigenvalue weighted by molar-refractivity contribution is -0.112. The van der Waals surface area contributed by atoms with E-state index >= 15 is 0 Å². The highest BCUT2D eigenvalue weighted by molar-refractivity contribution is 5.94. The molecule has 0 unspecified atom stereocenters. The van der Waals surface area contributed by atoms with Crippen molar-refractivity contribution in [3.8, 4) is 5.69 Å². The van der Waals surface area contributed by atoms with E-state index in [-0.39, 0.29) is 5.56 Å². The summed E-state index contributed by atoms with van der Waals surface area (Å²) in [4.78, 5) is 28.2. The predicted molar refractivity (Wildman–Crippen MR) is 87.0 cm³/mol. The van der Waals surface area contributed by atoms with Crippen LogP contribution in [0.2, 0.25) is 0 Å². The molecule has 3 rings (SSSR count). The number of rotatable bonds is 3. The Hall–Kier alpha value is -3.22. The van der Waals surface area contributed by atoms with Gasteiger partial charge in [-0.1, -0.05) is 23.8 Å². The second kappa shape index (κ2) is 5.88. The first-order valence-electron chi connectivity index (χ1n) is 7.06. The van der Waals surface area contributed by atoms with Crippen molar-refractivity contribution in [3.63, 3.8) is 0 Å². The third-order valence-corrected chi connectivity index (χ3v) is 3.32. The van der Waals surface area contributed by atoms with Crippen LogP contribution in [0.3, 0.4) is 0 Å². The quantitative estimate of drug-likeness (QED) is 0.744. The molecule has 0 bridgehead atoms. The van der Waals surface area contributed by atoms with Crippen LogP contribution >= 0.6 is 0 Å². The Labute approximate surface area is 131 Å². The van der Waals surface area contributed by atoms with Crippen LogP contribution < -0.4 is 11.0 Å². The van der Waals surface area contributed by atoms with Crippen molar-refractivity contribution in [2.24, 2.45) is 0 Å². The van der Waals surface area contributed by atoms with Gasteiger partial charge in [0.05, 0.1) is 11.9 Å². The first kappa shape index (κ1) is 14.7. The summed E-state index contributed by atoms with van der Waals surface area (Å²) in [6.07, 6.45) is 5.63. The molecule has 2 heterocycles. The fourth-order valence-corrected chi connectivity index (χ4v) is 2.17. The van der Waals surface area contributed by atoms with Crippen LogP contribution in [0.4, 0.5) is 0 Å². The molecule has 7 heteroatoms. The lowest BCUT2D eigenvalue weighted by Crippen LogP contribution is -2.32. The maximum absolute atomic E-state index is 12.4. The zero-order valence-corrected chi connectivity index (χ0v) is 12.7. The smallest absolute Gasteiger partial charge is 0.268 e. The Morgan fingerprint density at radius 1 is 1.26 bits per heavy atom. The van der Waals surface area contributed by atoms with Gasteiger partial charge in [0.1, 0.15) is 11.7 Å². The van der Waals surface area contributed by atoms with Gasteiger partial charge in [-0.2, -0.15) is 5.10 Å². The first-order chi connectivity index (χ1) is 11.1. The lowest BCUT2D eigenvalue weighted by atomic mass is 10.2. The molecule has 0 aliphatic rings. The van der Waals surface area contributed by atoms with Gasteiger partial charge in [-0.05, 0) is 26.0 Å². The number of nitrogens with one attached hydrogen (secondary N) is 1. The molecule has 3 aromatic rings. The van der Waals surface area contributed by atoms with E-state index in [4.69, 9.17) is 0 Å². The van der Waals surface area contributed by atoms with Gasteiger partial charge in [0.15, 0.2) is 5.65 Å². The number of fused-ring (bicyclic) bond motifs is 1. The third kappa shape index (κ3) is 2.76. The van der Waals surface area contributed by atoms with E-state index in [1.54, 1.807) is 17.7 Å².